The molecule has 3 N–H and O–H groups in total. The first kappa shape index (κ1) is 37.0. The summed E-state index contributed by atoms with van der Waals surface area (Å²) in [7, 11) is 0. The van der Waals surface area contributed by atoms with Gasteiger partial charge in [-0.2, -0.15) is 0 Å². The van der Waals surface area contributed by atoms with Crippen molar-refractivity contribution in [1.29, 1.82) is 0 Å². The predicted molar refractivity (Wildman–Crippen MR) is 194 cm³/mol. The Labute approximate surface area is 298 Å². The van der Waals surface area contributed by atoms with Crippen LogP contribution in [0.1, 0.15) is 88.8 Å². The number of ketones is 1. The molecule has 10 heteroatoms. The molecule has 10 nitrogen and oxygen atoms in total. The maximum atomic E-state index is 13.2. The minimum absolute atomic E-state index is 0.0310. The Balaban J connectivity index is 1.21. The van der Waals surface area contributed by atoms with Crippen LogP contribution in [0.15, 0.2) is 89.1 Å². The Morgan fingerprint density at radius 3 is 2.12 bits per heavy atom. The highest BCUT2D eigenvalue weighted by Gasteiger charge is 2.35. The van der Waals surface area contributed by atoms with Gasteiger partial charge >= 0.3 is 18.0 Å². The quantitative estimate of drug-likeness (QED) is 0.113. The number of allylic oxidation sites excluding steroid dienone is 2. The standard InChI is InChI=1S/C41H46N2O8/c1-25(2)20-34(43-40(49)51-24-32-30-12-7-5-10-28(30)29-11-6-8-13-31(29)32)39(48)50-23-26-16-18-27(19-17-26)42-33(14-9-15-37(46)47)38-35(44)21-41(3,4)22-36(38)45/h5-8,10-13,16-19,25,32,34,44H,9,14-15,20-24H2,1-4H3,(H,43,49)(H,46,47)/t34-/m0/s1. The van der Waals surface area contributed by atoms with Crippen molar-refractivity contribution in [3.8, 4) is 11.1 Å². The second-order valence-corrected chi connectivity index (χ2v) is 14.5. The number of alkyl carbamates (subject to hydrolysis) is 1. The van der Waals surface area contributed by atoms with E-state index in [1.807, 2.05) is 64.1 Å². The number of carbonyl (C=O) groups excluding carboxylic acids is 3. The third-order valence-electron chi connectivity index (χ3n) is 9.15. The van der Waals surface area contributed by atoms with E-state index in [1.165, 1.54) is 0 Å². The molecule has 2 aliphatic carbocycles. The van der Waals surface area contributed by atoms with Crippen LogP contribution in [0.2, 0.25) is 0 Å². The number of fused-ring (bicyclic) bond motifs is 3. The highest BCUT2D eigenvalue weighted by atomic mass is 16.6. The zero-order valence-electron chi connectivity index (χ0n) is 29.6. The number of carboxylic acid groups (broad SMARTS) is 1. The van der Waals surface area contributed by atoms with Gasteiger partial charge in [-0.3, -0.25) is 14.6 Å². The number of nitrogens with one attached hydrogen (secondary N) is 1. The fraction of sp³-hybridized carbons (Fsp3) is 0.390. The summed E-state index contributed by atoms with van der Waals surface area (Å²) < 4.78 is 11.3. The summed E-state index contributed by atoms with van der Waals surface area (Å²) in [4.78, 5) is 55.0. The van der Waals surface area contributed by atoms with Gasteiger partial charge in [-0.05, 0) is 70.5 Å². The number of nitrogens with zero attached hydrogens (tertiary/aromatic N) is 1. The molecule has 51 heavy (non-hydrogen) atoms. The van der Waals surface area contributed by atoms with Gasteiger partial charge in [0.15, 0.2) is 5.78 Å². The second-order valence-electron chi connectivity index (χ2n) is 14.5. The number of carbonyl (C=O) groups is 4. The van der Waals surface area contributed by atoms with Gasteiger partial charge in [0.05, 0.1) is 17.0 Å². The molecule has 0 radical (unpaired) electrons. The number of hydrogen-bond donors (Lipinski definition) is 3. The summed E-state index contributed by atoms with van der Waals surface area (Å²) in [5.74, 6) is -1.80. The largest absolute Gasteiger partial charge is 0.511 e. The number of hydrogen-bond acceptors (Lipinski definition) is 8. The predicted octanol–water partition coefficient (Wildman–Crippen LogP) is 8.21. The molecule has 1 amide bonds. The molecule has 0 spiro atoms. The maximum absolute atomic E-state index is 13.2. The Kier molecular flexibility index (Phi) is 11.7. The van der Waals surface area contributed by atoms with Crippen LogP contribution < -0.4 is 5.32 Å². The number of Topliss-reactive ketones (excluding diaryl/α,β-unsaturated/α-hetero) is 1. The van der Waals surface area contributed by atoms with Crippen molar-refractivity contribution >= 4 is 35.2 Å². The van der Waals surface area contributed by atoms with Gasteiger partial charge in [0, 0.05) is 25.2 Å². The molecular weight excluding hydrogens is 648 g/mol. The number of aliphatic hydroxyl groups excluding tert-OH is 1. The normalized spacial score (nSPS) is 16.0. The molecule has 2 aliphatic rings. The molecule has 268 valence electrons. The van der Waals surface area contributed by atoms with Crippen LogP contribution in [0.4, 0.5) is 10.5 Å². The van der Waals surface area contributed by atoms with Crippen LogP contribution in [-0.4, -0.2) is 52.4 Å². The van der Waals surface area contributed by atoms with Gasteiger partial charge in [-0.15, -0.1) is 0 Å². The number of esters is 1. The van der Waals surface area contributed by atoms with Crippen molar-refractivity contribution in [2.75, 3.05) is 6.61 Å². The third-order valence-corrected chi connectivity index (χ3v) is 9.15. The number of rotatable bonds is 14. The number of carboxylic acids is 1. The minimum Gasteiger partial charge on any atom is -0.511 e. The Bertz CT molecular complexity index is 1790. The zero-order chi connectivity index (χ0) is 36.7. The van der Waals surface area contributed by atoms with E-state index < -0.39 is 24.1 Å². The van der Waals surface area contributed by atoms with Crippen molar-refractivity contribution in [3.63, 3.8) is 0 Å². The Morgan fingerprint density at radius 1 is 0.902 bits per heavy atom. The second kappa shape index (κ2) is 16.2. The van der Waals surface area contributed by atoms with E-state index in [4.69, 9.17) is 14.6 Å². The van der Waals surface area contributed by atoms with E-state index in [0.717, 1.165) is 22.3 Å². The van der Waals surface area contributed by atoms with Gasteiger partial charge in [0.2, 0.25) is 0 Å². The Morgan fingerprint density at radius 2 is 1.53 bits per heavy atom. The first-order valence-corrected chi connectivity index (χ1v) is 17.4. The number of ether oxygens (including phenoxy) is 2. The van der Waals surface area contributed by atoms with Gasteiger partial charge in [0.1, 0.15) is 25.0 Å². The van der Waals surface area contributed by atoms with Crippen molar-refractivity contribution in [3.05, 3.63) is 101 Å². The fourth-order valence-electron chi connectivity index (χ4n) is 6.80. The van der Waals surface area contributed by atoms with Crippen molar-refractivity contribution in [2.24, 2.45) is 16.3 Å². The first-order chi connectivity index (χ1) is 24.3. The van der Waals surface area contributed by atoms with Crippen molar-refractivity contribution < 1.29 is 38.9 Å². The van der Waals surface area contributed by atoms with Gasteiger partial charge in [-0.1, -0.05) is 88.4 Å². The van der Waals surface area contributed by atoms with Crippen LogP contribution in [0.5, 0.6) is 0 Å². The van der Waals surface area contributed by atoms with Crippen LogP contribution in [-0.2, 0) is 30.5 Å². The number of aliphatic carboxylic acids is 1. The lowest BCUT2D eigenvalue weighted by Gasteiger charge is -2.30. The highest BCUT2D eigenvalue weighted by molar-refractivity contribution is 6.23. The van der Waals surface area contributed by atoms with E-state index >= 15 is 0 Å². The molecule has 0 aliphatic heterocycles. The molecular formula is C41H46N2O8. The molecule has 0 saturated carbocycles. The smallest absolute Gasteiger partial charge is 0.407 e. The Hall–Kier alpha value is -5.25. The molecule has 0 fully saturated rings. The molecule has 0 aromatic heterocycles. The maximum Gasteiger partial charge on any atom is 0.407 e. The van der Waals surface area contributed by atoms with Crippen LogP contribution in [0, 0.1) is 11.3 Å². The number of benzene rings is 3. The zero-order valence-corrected chi connectivity index (χ0v) is 29.6. The van der Waals surface area contributed by atoms with Crippen molar-refractivity contribution in [1.82, 2.24) is 5.32 Å². The van der Waals surface area contributed by atoms with E-state index in [-0.39, 0.29) is 73.3 Å². The summed E-state index contributed by atoms with van der Waals surface area (Å²) in [6, 6.07) is 22.1. The average Bonchev–Trinajstić information content (AvgIpc) is 3.38. The summed E-state index contributed by atoms with van der Waals surface area (Å²) in [6.07, 6.45) is 0.627. The van der Waals surface area contributed by atoms with Gasteiger partial charge in [0.25, 0.3) is 0 Å². The summed E-state index contributed by atoms with van der Waals surface area (Å²) in [5.41, 5.74) is 5.76. The summed E-state index contributed by atoms with van der Waals surface area (Å²) >= 11 is 0. The summed E-state index contributed by atoms with van der Waals surface area (Å²) in [6.45, 7) is 7.80. The van der Waals surface area contributed by atoms with Crippen LogP contribution in [0.25, 0.3) is 11.1 Å². The topological polar surface area (TPSA) is 152 Å². The van der Waals surface area contributed by atoms with Gasteiger partial charge < -0.3 is 25.0 Å². The molecule has 0 heterocycles. The molecule has 3 aromatic carbocycles. The lowest BCUT2D eigenvalue weighted by Crippen LogP contribution is -2.43. The third kappa shape index (κ3) is 9.51. The molecule has 3 aromatic rings. The number of aliphatic imine (C=N–C) groups is 1. The van der Waals surface area contributed by atoms with Crippen LogP contribution in [0.3, 0.4) is 0 Å². The minimum atomic E-state index is -0.952. The molecule has 0 unspecified atom stereocenters. The lowest BCUT2D eigenvalue weighted by atomic mass is 9.75. The number of aliphatic hydroxyl groups is 1. The lowest BCUT2D eigenvalue weighted by molar-refractivity contribution is -0.148. The highest BCUT2D eigenvalue weighted by Crippen LogP contribution is 2.44. The van der Waals surface area contributed by atoms with Crippen molar-refractivity contribution in [2.45, 2.75) is 84.8 Å². The molecule has 0 bridgehead atoms. The molecule has 5 rings (SSSR count). The monoisotopic (exact) mass is 694 g/mol. The SMILES string of the molecule is CC(C)C[C@H](NC(=O)OCC1c2ccccc2-c2ccccc21)C(=O)OCc1ccc(N=C(CCCC(=O)O)C2=C(O)CC(C)(C)CC2=O)cc1. The first-order valence-electron chi connectivity index (χ1n) is 17.4. The van der Waals surface area contributed by atoms with E-state index in [9.17, 15) is 24.3 Å². The fourth-order valence-corrected chi connectivity index (χ4v) is 6.80. The number of amides is 1. The van der Waals surface area contributed by atoms with E-state index in [1.54, 1.807) is 24.3 Å². The van der Waals surface area contributed by atoms with Gasteiger partial charge in [-0.25, -0.2) is 9.59 Å². The van der Waals surface area contributed by atoms with E-state index in [0.29, 0.717) is 29.8 Å². The molecule has 0 saturated heterocycles. The van der Waals surface area contributed by atoms with Crippen LogP contribution >= 0.6 is 0 Å². The summed E-state index contributed by atoms with van der Waals surface area (Å²) in [5, 5.41) is 22.6. The average molecular weight is 695 g/mol. The molecule has 1 atom stereocenters. The van der Waals surface area contributed by atoms with E-state index in [2.05, 4.69) is 22.4 Å².